The highest BCUT2D eigenvalue weighted by atomic mass is 28.5. The molecule has 0 saturated carbocycles. The summed E-state index contributed by atoms with van der Waals surface area (Å²) >= 11 is 0. The summed E-state index contributed by atoms with van der Waals surface area (Å²) in [6.07, 6.45) is 0. The van der Waals surface area contributed by atoms with Crippen molar-refractivity contribution in [3.05, 3.63) is 0 Å². The second-order valence-electron chi connectivity index (χ2n) is 10.4. The smallest absolute Gasteiger partial charge is 0.416 e. The zero-order valence-corrected chi connectivity index (χ0v) is 27.7. The Morgan fingerprint density at radius 1 is 0.467 bits per heavy atom. The third-order valence-electron chi connectivity index (χ3n) is 2.86. The van der Waals surface area contributed by atoms with Gasteiger partial charge in [0.2, 0.25) is 8.32 Å². The highest BCUT2D eigenvalue weighted by molar-refractivity contribution is 6.92. The van der Waals surface area contributed by atoms with Crippen molar-refractivity contribution in [1.29, 1.82) is 0 Å². The van der Waals surface area contributed by atoms with Gasteiger partial charge in [-0.05, 0) is 85.1 Å². The first-order valence-electron chi connectivity index (χ1n) is 9.79. The maximum atomic E-state index is 8.31. The molecule has 1 fully saturated rings. The van der Waals surface area contributed by atoms with E-state index in [-0.39, 0.29) is 0 Å². The molecule has 0 atom stereocenters. The van der Waals surface area contributed by atoms with Crippen LogP contribution in [0.2, 0.25) is 85.1 Å². The highest BCUT2D eigenvalue weighted by Crippen LogP contribution is 2.30. The molecule has 1 aliphatic heterocycles. The van der Waals surface area contributed by atoms with Crippen LogP contribution in [-0.4, -0.2) is 74.6 Å². The van der Waals surface area contributed by atoms with Gasteiger partial charge in [-0.1, -0.05) is 0 Å². The van der Waals surface area contributed by atoms with E-state index in [0.29, 0.717) is 0 Å². The summed E-state index contributed by atoms with van der Waals surface area (Å²) in [5, 5.41) is 0. The maximum Gasteiger partial charge on any atom is 0.698 e. The standard InChI is InChI=1S/C10H30O5Si5.C3H12O5Si2/c1-16(2)11-17(3,4)13-19(7,8)15-20(9,10)14-18(5,6)12-16;1-9(2,3)7-8-10(4,5)6/h1-10H3;4-6H,1-3H3. The molecule has 0 aromatic carbocycles. The normalized spacial score (nSPS) is 25.6. The molecule has 0 aromatic heterocycles. The zero-order chi connectivity index (χ0) is 24.4. The van der Waals surface area contributed by atoms with Gasteiger partial charge in [0.25, 0.3) is 0 Å². The minimum atomic E-state index is -4.45. The van der Waals surface area contributed by atoms with Gasteiger partial charge in [0.05, 0.1) is 0 Å². The second-order valence-corrected chi connectivity index (χ2v) is 34.1. The van der Waals surface area contributed by atoms with E-state index in [0.717, 1.165) is 0 Å². The molecule has 0 aliphatic carbocycles. The first-order chi connectivity index (χ1) is 12.7. The Bertz CT molecular complexity index is 442. The molecule has 1 rings (SSSR count). The summed E-state index contributed by atoms with van der Waals surface area (Å²) in [5.74, 6) is 0. The quantitative estimate of drug-likeness (QED) is 0.272. The summed E-state index contributed by atoms with van der Waals surface area (Å²) < 4.78 is 40.0. The molecule has 0 bridgehead atoms. The van der Waals surface area contributed by atoms with Crippen LogP contribution in [0.3, 0.4) is 0 Å². The molecule has 0 amide bonds. The molecule has 0 unspecified atom stereocenters. The molecule has 0 radical (unpaired) electrons. The SMILES string of the molecule is C[Si](C)(C)OO[Si](O)(O)O.C[Si]1(C)O[Si](C)(C)O[Si](C)(C)O[Si](C)(C)O[Si](C)(C)O1. The lowest BCUT2D eigenvalue weighted by Crippen LogP contribution is -2.64. The Kier molecular flexibility index (Phi) is 10.5. The van der Waals surface area contributed by atoms with Crippen molar-refractivity contribution in [2.24, 2.45) is 0 Å². The molecule has 17 heteroatoms. The molecule has 1 aliphatic rings. The van der Waals surface area contributed by atoms with Gasteiger partial charge in [0.15, 0.2) is 0 Å². The van der Waals surface area contributed by atoms with Gasteiger partial charge < -0.3 is 35.0 Å². The van der Waals surface area contributed by atoms with Crippen LogP contribution in [0.5, 0.6) is 0 Å². The van der Waals surface area contributed by atoms with Crippen molar-refractivity contribution >= 4 is 60.2 Å². The van der Waals surface area contributed by atoms with Crippen molar-refractivity contribution in [2.45, 2.75) is 85.1 Å². The van der Waals surface area contributed by atoms with Gasteiger partial charge in [0, 0.05) is 0 Å². The third kappa shape index (κ3) is 15.8. The van der Waals surface area contributed by atoms with E-state index in [9.17, 15) is 0 Å². The molecule has 10 nitrogen and oxygen atoms in total. The van der Waals surface area contributed by atoms with Gasteiger partial charge in [-0.25, -0.2) is 4.58 Å². The lowest BCUT2D eigenvalue weighted by molar-refractivity contribution is -0.187. The average molecular weight is 555 g/mol. The summed E-state index contributed by atoms with van der Waals surface area (Å²) in [5.41, 5.74) is 0. The van der Waals surface area contributed by atoms with Crippen molar-refractivity contribution < 1.29 is 44.1 Å². The van der Waals surface area contributed by atoms with Crippen LogP contribution in [0, 0.1) is 0 Å². The average Bonchev–Trinajstić information content (AvgIpc) is 2.25. The second kappa shape index (κ2) is 10.2. The molecule has 1 saturated heterocycles. The highest BCUT2D eigenvalue weighted by Gasteiger charge is 2.50. The first kappa shape index (κ1) is 31.1. The monoisotopic (exact) mass is 554 g/mol. The fraction of sp³-hybridized carbons (Fsp3) is 1.00. The summed E-state index contributed by atoms with van der Waals surface area (Å²) in [6, 6.07) is 0. The predicted molar refractivity (Wildman–Crippen MR) is 131 cm³/mol. The third-order valence-corrected chi connectivity index (χ3v) is 23.6. The lowest BCUT2D eigenvalue weighted by atomic mass is 11.8. The van der Waals surface area contributed by atoms with Crippen LogP contribution in [0.4, 0.5) is 0 Å². The van der Waals surface area contributed by atoms with Crippen LogP contribution in [0.25, 0.3) is 0 Å². The van der Waals surface area contributed by atoms with E-state index < -0.39 is 60.2 Å². The van der Waals surface area contributed by atoms with Crippen LogP contribution in [0.1, 0.15) is 0 Å². The molecule has 182 valence electrons. The Morgan fingerprint density at radius 3 is 0.767 bits per heavy atom. The molecule has 3 N–H and O–H groups in total. The van der Waals surface area contributed by atoms with Gasteiger partial charge in [0.1, 0.15) is 0 Å². The molecular formula is C13H42O10Si7. The largest absolute Gasteiger partial charge is 0.698 e. The summed E-state index contributed by atoms with van der Waals surface area (Å²) in [7, 11) is -17.7. The molecule has 0 spiro atoms. The van der Waals surface area contributed by atoms with Crippen molar-refractivity contribution in [3.63, 3.8) is 0 Å². The van der Waals surface area contributed by atoms with Crippen LogP contribution >= 0.6 is 0 Å². The van der Waals surface area contributed by atoms with Crippen molar-refractivity contribution in [1.82, 2.24) is 0 Å². The van der Waals surface area contributed by atoms with E-state index >= 15 is 0 Å². The predicted octanol–water partition coefficient (Wildman–Crippen LogP) is 2.77. The van der Waals surface area contributed by atoms with E-state index in [2.05, 4.69) is 74.6 Å². The topological polar surface area (TPSA) is 125 Å². The fourth-order valence-electron chi connectivity index (χ4n) is 3.24. The Hall–Kier alpha value is 1.12. The van der Waals surface area contributed by atoms with E-state index in [4.69, 9.17) is 35.0 Å². The lowest BCUT2D eigenvalue weighted by Gasteiger charge is -2.46. The van der Waals surface area contributed by atoms with Crippen molar-refractivity contribution in [2.75, 3.05) is 0 Å². The maximum absolute atomic E-state index is 8.31. The molecule has 30 heavy (non-hydrogen) atoms. The molecular weight excluding hydrogens is 513 g/mol. The van der Waals surface area contributed by atoms with Gasteiger partial charge in [-0.2, -0.15) is 0 Å². The zero-order valence-electron chi connectivity index (χ0n) is 20.7. The molecule has 0 aromatic rings. The minimum Gasteiger partial charge on any atom is -0.416 e. The number of rotatable bonds is 3. The van der Waals surface area contributed by atoms with Gasteiger partial charge in [-0.3, -0.25) is 4.58 Å². The van der Waals surface area contributed by atoms with Gasteiger partial charge in [-0.15, -0.1) is 0 Å². The van der Waals surface area contributed by atoms with Crippen LogP contribution in [0.15, 0.2) is 0 Å². The first-order valence-corrected chi connectivity index (χ1v) is 29.0. The van der Waals surface area contributed by atoms with E-state index in [1.165, 1.54) is 0 Å². The Balaban J connectivity index is 0.000000710. The van der Waals surface area contributed by atoms with Gasteiger partial charge >= 0.3 is 51.9 Å². The van der Waals surface area contributed by atoms with Crippen LogP contribution in [-0.2, 0) is 29.7 Å². The Labute approximate surface area is 189 Å². The Morgan fingerprint density at radius 2 is 0.667 bits per heavy atom. The van der Waals surface area contributed by atoms with Crippen LogP contribution < -0.4 is 0 Å². The fourth-order valence-corrected chi connectivity index (χ4v) is 31.1. The van der Waals surface area contributed by atoms with E-state index in [1.807, 2.05) is 0 Å². The minimum absolute atomic E-state index is 1.78. The number of hydrogen-bond acceptors (Lipinski definition) is 10. The van der Waals surface area contributed by atoms with Crippen molar-refractivity contribution in [3.8, 4) is 0 Å². The summed E-state index contributed by atoms with van der Waals surface area (Å²) in [6.45, 7) is 26.1. The summed E-state index contributed by atoms with van der Waals surface area (Å²) in [4.78, 5) is 24.9. The van der Waals surface area contributed by atoms with E-state index in [1.54, 1.807) is 19.6 Å². The molecule has 1 heterocycles. The number of hydrogen-bond donors (Lipinski definition) is 3.